The van der Waals surface area contributed by atoms with Gasteiger partial charge in [-0.15, -0.1) is 0 Å². The number of carbonyl (C=O) groups excluding carboxylic acids is 2. The lowest BCUT2D eigenvalue weighted by atomic mass is 9.95. The van der Waals surface area contributed by atoms with E-state index in [0.717, 1.165) is 17.1 Å². The molecule has 0 unspecified atom stereocenters. The molecule has 3 rings (SSSR count). The molecule has 154 valence electrons. The molecule has 2 amide bonds. The predicted octanol–water partition coefficient (Wildman–Crippen LogP) is 3.05. The van der Waals surface area contributed by atoms with Gasteiger partial charge in [0.2, 0.25) is 5.91 Å². The van der Waals surface area contributed by atoms with E-state index in [4.69, 9.17) is 9.47 Å². The van der Waals surface area contributed by atoms with E-state index in [-0.39, 0.29) is 17.7 Å². The summed E-state index contributed by atoms with van der Waals surface area (Å²) < 4.78 is 10.7. The van der Waals surface area contributed by atoms with Gasteiger partial charge in [-0.3, -0.25) is 9.59 Å². The van der Waals surface area contributed by atoms with Crippen molar-refractivity contribution in [3.05, 3.63) is 59.7 Å². The van der Waals surface area contributed by atoms with Gasteiger partial charge in [-0.05, 0) is 56.2 Å². The SMILES string of the molecule is COc1ccc(OCCNC(=O)C2CCN(C(=O)c3cccc(C)c3)CC2)cc1. The molecule has 0 atom stereocenters. The Labute approximate surface area is 171 Å². The fourth-order valence-electron chi connectivity index (χ4n) is 3.46. The van der Waals surface area contributed by atoms with Crippen molar-refractivity contribution in [1.29, 1.82) is 0 Å². The minimum Gasteiger partial charge on any atom is -0.497 e. The van der Waals surface area contributed by atoms with Crippen LogP contribution in [0.25, 0.3) is 0 Å². The molecule has 1 aliphatic heterocycles. The monoisotopic (exact) mass is 396 g/mol. The predicted molar refractivity (Wildman–Crippen MR) is 111 cm³/mol. The lowest BCUT2D eigenvalue weighted by Crippen LogP contribution is -2.43. The molecule has 0 aromatic heterocycles. The second kappa shape index (κ2) is 9.96. The van der Waals surface area contributed by atoms with E-state index in [1.165, 1.54) is 0 Å². The lowest BCUT2D eigenvalue weighted by Gasteiger charge is -2.31. The van der Waals surface area contributed by atoms with Crippen LogP contribution in [0.1, 0.15) is 28.8 Å². The first kappa shape index (κ1) is 20.7. The molecule has 0 saturated carbocycles. The Morgan fingerprint density at radius 1 is 1.07 bits per heavy atom. The molecule has 2 aromatic rings. The van der Waals surface area contributed by atoms with E-state index in [9.17, 15) is 9.59 Å². The zero-order chi connectivity index (χ0) is 20.6. The topological polar surface area (TPSA) is 67.9 Å². The fourth-order valence-corrected chi connectivity index (χ4v) is 3.46. The Morgan fingerprint density at radius 3 is 2.41 bits per heavy atom. The summed E-state index contributed by atoms with van der Waals surface area (Å²) in [7, 11) is 1.62. The van der Waals surface area contributed by atoms with Crippen molar-refractivity contribution in [2.24, 2.45) is 5.92 Å². The molecule has 1 heterocycles. The molecule has 0 radical (unpaired) electrons. The minimum absolute atomic E-state index is 0.0333. The van der Waals surface area contributed by atoms with E-state index in [2.05, 4.69) is 5.32 Å². The largest absolute Gasteiger partial charge is 0.497 e. The van der Waals surface area contributed by atoms with Crippen LogP contribution in [-0.2, 0) is 4.79 Å². The van der Waals surface area contributed by atoms with Crippen molar-refractivity contribution in [1.82, 2.24) is 10.2 Å². The van der Waals surface area contributed by atoms with Crippen LogP contribution in [0.5, 0.6) is 11.5 Å². The van der Waals surface area contributed by atoms with Crippen molar-refractivity contribution in [2.75, 3.05) is 33.4 Å². The van der Waals surface area contributed by atoms with Gasteiger partial charge in [0.05, 0.1) is 13.7 Å². The Balaban J connectivity index is 1.37. The quantitative estimate of drug-likeness (QED) is 0.731. The molecule has 1 fully saturated rings. The molecule has 2 aromatic carbocycles. The molecule has 0 spiro atoms. The molecule has 1 saturated heterocycles. The van der Waals surface area contributed by atoms with Crippen molar-refractivity contribution < 1.29 is 19.1 Å². The Bertz CT molecular complexity index is 827. The zero-order valence-electron chi connectivity index (χ0n) is 17.0. The molecule has 6 heteroatoms. The van der Waals surface area contributed by atoms with E-state index in [0.29, 0.717) is 44.6 Å². The first-order chi connectivity index (χ1) is 14.1. The maximum atomic E-state index is 12.6. The summed E-state index contributed by atoms with van der Waals surface area (Å²) in [5.74, 6) is 1.53. The average Bonchev–Trinajstić information content (AvgIpc) is 2.76. The Kier molecular flexibility index (Phi) is 7.11. The molecule has 6 nitrogen and oxygen atoms in total. The van der Waals surface area contributed by atoms with E-state index < -0.39 is 0 Å². The smallest absolute Gasteiger partial charge is 0.253 e. The second-order valence-electron chi connectivity index (χ2n) is 7.25. The third kappa shape index (κ3) is 5.73. The van der Waals surface area contributed by atoms with Gasteiger partial charge in [0, 0.05) is 24.6 Å². The fraction of sp³-hybridized carbons (Fsp3) is 0.391. The van der Waals surface area contributed by atoms with E-state index in [1.54, 1.807) is 7.11 Å². The van der Waals surface area contributed by atoms with Gasteiger partial charge in [0.1, 0.15) is 18.1 Å². The second-order valence-corrected chi connectivity index (χ2v) is 7.25. The number of piperidine rings is 1. The number of carbonyl (C=O) groups is 2. The highest BCUT2D eigenvalue weighted by Crippen LogP contribution is 2.20. The van der Waals surface area contributed by atoms with Crippen LogP contribution in [-0.4, -0.2) is 50.1 Å². The first-order valence-corrected chi connectivity index (χ1v) is 9.97. The Morgan fingerprint density at radius 2 is 1.76 bits per heavy atom. The van der Waals surface area contributed by atoms with Crippen LogP contribution in [0.2, 0.25) is 0 Å². The highest BCUT2D eigenvalue weighted by molar-refractivity contribution is 5.94. The summed E-state index contributed by atoms with van der Waals surface area (Å²) in [5.41, 5.74) is 1.78. The molecular formula is C23H28N2O4. The summed E-state index contributed by atoms with van der Waals surface area (Å²) in [6.07, 6.45) is 1.37. The summed E-state index contributed by atoms with van der Waals surface area (Å²) in [4.78, 5) is 26.9. The van der Waals surface area contributed by atoms with Crippen molar-refractivity contribution >= 4 is 11.8 Å². The van der Waals surface area contributed by atoms with Crippen molar-refractivity contribution in [3.63, 3.8) is 0 Å². The third-order valence-corrected chi connectivity index (χ3v) is 5.15. The number of amides is 2. The van der Waals surface area contributed by atoms with Gasteiger partial charge >= 0.3 is 0 Å². The van der Waals surface area contributed by atoms with E-state index in [1.807, 2.05) is 60.4 Å². The summed E-state index contributed by atoms with van der Waals surface area (Å²) >= 11 is 0. The number of likely N-dealkylation sites (tertiary alicyclic amines) is 1. The first-order valence-electron chi connectivity index (χ1n) is 9.97. The van der Waals surface area contributed by atoms with Gasteiger partial charge in [-0.25, -0.2) is 0 Å². The van der Waals surface area contributed by atoms with Crippen LogP contribution in [0.15, 0.2) is 48.5 Å². The van der Waals surface area contributed by atoms with Gasteiger partial charge in [0.25, 0.3) is 5.91 Å². The summed E-state index contributed by atoms with van der Waals surface area (Å²) in [6, 6.07) is 15.0. The highest BCUT2D eigenvalue weighted by Gasteiger charge is 2.27. The van der Waals surface area contributed by atoms with Crippen LogP contribution in [0.3, 0.4) is 0 Å². The highest BCUT2D eigenvalue weighted by atomic mass is 16.5. The van der Waals surface area contributed by atoms with Crippen LogP contribution in [0.4, 0.5) is 0 Å². The number of benzene rings is 2. The number of methoxy groups -OCH3 is 1. The van der Waals surface area contributed by atoms with Gasteiger partial charge in [0.15, 0.2) is 0 Å². The van der Waals surface area contributed by atoms with Gasteiger partial charge in [-0.1, -0.05) is 17.7 Å². The maximum Gasteiger partial charge on any atom is 0.253 e. The van der Waals surface area contributed by atoms with Gasteiger partial charge < -0.3 is 19.7 Å². The molecule has 29 heavy (non-hydrogen) atoms. The number of hydrogen-bond donors (Lipinski definition) is 1. The Hall–Kier alpha value is -3.02. The third-order valence-electron chi connectivity index (χ3n) is 5.15. The number of rotatable bonds is 7. The minimum atomic E-state index is -0.0578. The number of nitrogens with zero attached hydrogens (tertiary/aromatic N) is 1. The van der Waals surface area contributed by atoms with E-state index >= 15 is 0 Å². The normalized spacial score (nSPS) is 14.3. The van der Waals surface area contributed by atoms with Crippen LogP contribution in [0, 0.1) is 12.8 Å². The number of hydrogen-bond acceptors (Lipinski definition) is 4. The molecule has 1 aliphatic rings. The molecule has 0 bridgehead atoms. The van der Waals surface area contributed by atoms with Gasteiger partial charge in [-0.2, -0.15) is 0 Å². The molecule has 0 aliphatic carbocycles. The molecular weight excluding hydrogens is 368 g/mol. The number of aryl methyl sites for hydroxylation is 1. The maximum absolute atomic E-state index is 12.6. The van der Waals surface area contributed by atoms with Crippen molar-refractivity contribution in [2.45, 2.75) is 19.8 Å². The molecule has 1 N–H and O–H groups in total. The van der Waals surface area contributed by atoms with Crippen LogP contribution >= 0.6 is 0 Å². The van der Waals surface area contributed by atoms with Crippen molar-refractivity contribution in [3.8, 4) is 11.5 Å². The summed E-state index contributed by atoms with van der Waals surface area (Å²) in [5, 5.41) is 2.94. The standard InChI is InChI=1S/C23H28N2O4/c1-17-4-3-5-19(16-17)23(27)25-13-10-18(11-14-25)22(26)24-12-15-29-21-8-6-20(28-2)7-9-21/h3-9,16,18H,10-15H2,1-2H3,(H,24,26). The van der Waals surface area contributed by atoms with Crippen LogP contribution < -0.4 is 14.8 Å². The number of ether oxygens (including phenoxy) is 2. The number of nitrogens with one attached hydrogen (secondary N) is 1. The lowest BCUT2D eigenvalue weighted by molar-refractivity contribution is -0.126. The summed E-state index contributed by atoms with van der Waals surface area (Å²) in [6.45, 7) is 4.04. The average molecular weight is 396 g/mol. The zero-order valence-corrected chi connectivity index (χ0v) is 17.0.